The molecule has 0 spiro atoms. The molecule has 0 aliphatic carbocycles. The minimum atomic E-state index is -0.287. The molecular weight excluding hydrogens is 1220 g/mol. The number of fused-ring (bicyclic) bond motifs is 8. The number of rotatable bonds is 8. The summed E-state index contributed by atoms with van der Waals surface area (Å²) in [6.45, 7) is 6.90. The predicted octanol–water partition coefficient (Wildman–Crippen LogP) is 25.2. The molecule has 0 aromatic heterocycles. The summed E-state index contributed by atoms with van der Waals surface area (Å²) in [5.74, 6) is 0. The molecule has 3 heteroatoms. The van der Waals surface area contributed by atoms with Crippen LogP contribution in [0.3, 0.4) is 0 Å². The van der Waals surface area contributed by atoms with E-state index in [2.05, 4.69) is 370 Å². The second kappa shape index (κ2) is 22.0. The highest BCUT2D eigenvalue weighted by atomic mass is 15.2. The molecule has 0 bridgehead atoms. The molecule has 2 heterocycles. The Bertz CT molecular complexity index is 6090. The molecule has 0 unspecified atom stereocenters. The van der Waals surface area contributed by atoms with E-state index in [4.69, 9.17) is 0 Å². The molecule has 101 heavy (non-hydrogen) atoms. The molecule has 0 atom stereocenters. The maximum Gasteiger partial charge on any atom is 0.252 e. The van der Waals surface area contributed by atoms with Crippen LogP contribution in [0.2, 0.25) is 0 Å². The number of para-hydroxylation sites is 2. The third-order valence-electron chi connectivity index (χ3n) is 22.4. The van der Waals surface area contributed by atoms with Gasteiger partial charge in [0.15, 0.2) is 0 Å². The van der Waals surface area contributed by atoms with Crippen molar-refractivity contribution in [1.82, 2.24) is 0 Å². The van der Waals surface area contributed by atoms with Crippen LogP contribution < -0.4 is 26.2 Å². The Kier molecular flexibility index (Phi) is 12.5. The highest BCUT2D eigenvalue weighted by Crippen LogP contribution is 2.55. The average molecular weight is 1280 g/mol. The zero-order chi connectivity index (χ0) is 66.8. The predicted molar refractivity (Wildman–Crippen MR) is 434 cm³/mol. The molecule has 19 aromatic rings. The van der Waals surface area contributed by atoms with Crippen molar-refractivity contribution in [1.29, 1.82) is 0 Å². The highest BCUT2D eigenvalue weighted by molar-refractivity contribution is 7.00. The molecule has 0 saturated heterocycles. The molecule has 21 rings (SSSR count). The minimum Gasteiger partial charge on any atom is -0.310 e. The van der Waals surface area contributed by atoms with Crippen LogP contribution in [0.15, 0.2) is 340 Å². The zero-order valence-corrected chi connectivity index (χ0v) is 56.3. The number of nitrogens with zero attached hydrogens (tertiary/aromatic N) is 2. The quantitative estimate of drug-likeness (QED) is 0.0850. The fourth-order valence-electron chi connectivity index (χ4n) is 18.0. The van der Waals surface area contributed by atoms with Gasteiger partial charge in [0.2, 0.25) is 0 Å². The third-order valence-corrected chi connectivity index (χ3v) is 22.4. The monoisotopic (exact) mass is 1280 g/mol. The summed E-state index contributed by atoms with van der Waals surface area (Å²) in [6, 6.07) is 129. The van der Waals surface area contributed by atoms with Crippen molar-refractivity contribution in [2.24, 2.45) is 0 Å². The maximum absolute atomic E-state index is 2.70. The van der Waals surface area contributed by atoms with Crippen molar-refractivity contribution < 1.29 is 0 Å². The number of hydrogen-bond acceptors (Lipinski definition) is 2. The van der Waals surface area contributed by atoms with Crippen molar-refractivity contribution in [2.45, 2.75) is 26.2 Å². The fraction of sp³-hybridized carbons (Fsp3) is 0.0408. The third kappa shape index (κ3) is 8.54. The second-order valence-corrected chi connectivity index (χ2v) is 28.9. The summed E-state index contributed by atoms with van der Waals surface area (Å²) in [5.41, 5.74) is 25.7. The Labute approximate surface area is 587 Å². The van der Waals surface area contributed by atoms with Crippen LogP contribution >= 0.6 is 0 Å². The topological polar surface area (TPSA) is 6.48 Å². The van der Waals surface area contributed by atoms with E-state index in [-0.39, 0.29) is 12.1 Å². The van der Waals surface area contributed by atoms with Crippen LogP contribution in [-0.4, -0.2) is 6.71 Å². The molecule has 2 aliphatic rings. The molecule has 19 aromatic carbocycles. The average Bonchev–Trinajstić information content (AvgIpc) is 0.692. The summed E-state index contributed by atoms with van der Waals surface area (Å²) in [5, 5.41) is 20.5. The van der Waals surface area contributed by atoms with Gasteiger partial charge in [-0.05, 0) is 182 Å². The first-order valence-electron chi connectivity index (χ1n) is 35.5. The summed E-state index contributed by atoms with van der Waals surface area (Å²) in [6.07, 6.45) is 0. The molecule has 0 radical (unpaired) electrons. The van der Waals surface area contributed by atoms with Gasteiger partial charge < -0.3 is 9.80 Å². The van der Waals surface area contributed by atoms with E-state index in [1.54, 1.807) is 0 Å². The largest absolute Gasteiger partial charge is 0.310 e. The van der Waals surface area contributed by atoms with E-state index in [1.165, 1.54) is 142 Å². The lowest BCUT2D eigenvalue weighted by molar-refractivity contribution is 0.590. The van der Waals surface area contributed by atoms with Gasteiger partial charge in [0.1, 0.15) is 0 Å². The van der Waals surface area contributed by atoms with E-state index >= 15 is 0 Å². The first-order valence-corrected chi connectivity index (χ1v) is 35.5. The second-order valence-electron chi connectivity index (χ2n) is 28.9. The van der Waals surface area contributed by atoms with Gasteiger partial charge in [0.25, 0.3) is 6.71 Å². The standard InChI is InChI=1S/C98H65BN2/c1-98(2,3)70-58-87-95-88(59-70)101(97-75(62-28-12-6-13-29-62)40-23-41-76(97)63-30-14-7-15-31-63)86-55-51-69(72-53-49-67-37-19-45-80-78-43-17-33-65-35-21-47-82(90(65)78)94(72)92(67)80)57-84(86)99(95)83-56-68(71-52-48-66-36-18-44-79-77-42-16-32-64-34-20-46-81(89(64)77)93(71)91(66)79)50-54-85(83)100(87)96-73(60-24-8-4-9-25-60)38-22-39-74(96)61-26-10-5-11-27-61/h4-59H,1-3H3. The summed E-state index contributed by atoms with van der Waals surface area (Å²) in [7, 11) is 0. The normalized spacial score (nSPS) is 12.8. The van der Waals surface area contributed by atoms with Gasteiger partial charge in [-0.2, -0.15) is 0 Å². The van der Waals surface area contributed by atoms with Crippen LogP contribution in [0.5, 0.6) is 0 Å². The van der Waals surface area contributed by atoms with Crippen LogP contribution in [0.1, 0.15) is 26.3 Å². The van der Waals surface area contributed by atoms with Crippen molar-refractivity contribution in [3.05, 3.63) is 345 Å². The van der Waals surface area contributed by atoms with Gasteiger partial charge in [-0.1, -0.05) is 336 Å². The fourth-order valence-corrected chi connectivity index (χ4v) is 18.0. The van der Waals surface area contributed by atoms with Crippen LogP contribution in [0.25, 0.3) is 153 Å². The number of anilines is 6. The van der Waals surface area contributed by atoms with Gasteiger partial charge in [0.05, 0.1) is 11.4 Å². The molecule has 0 fully saturated rings. The Hall–Kier alpha value is -12.6. The van der Waals surface area contributed by atoms with E-state index in [9.17, 15) is 0 Å². The Morgan fingerprint density at radius 3 is 0.891 bits per heavy atom. The van der Waals surface area contributed by atoms with E-state index in [0.29, 0.717) is 0 Å². The van der Waals surface area contributed by atoms with Crippen molar-refractivity contribution in [3.63, 3.8) is 0 Å². The maximum atomic E-state index is 2.70. The number of hydrogen-bond donors (Lipinski definition) is 0. The smallest absolute Gasteiger partial charge is 0.252 e. The Balaban J connectivity index is 0.940. The van der Waals surface area contributed by atoms with E-state index in [0.717, 1.165) is 67.3 Å². The molecule has 2 aliphatic heterocycles. The molecule has 0 N–H and O–H groups in total. The zero-order valence-electron chi connectivity index (χ0n) is 56.3. The van der Waals surface area contributed by atoms with Gasteiger partial charge >= 0.3 is 0 Å². The lowest BCUT2D eigenvalue weighted by Gasteiger charge is -2.46. The highest BCUT2D eigenvalue weighted by Gasteiger charge is 2.46. The first kappa shape index (κ1) is 57.5. The number of benzene rings is 19. The molecule has 470 valence electrons. The molecule has 0 saturated carbocycles. The van der Waals surface area contributed by atoms with E-state index in [1.807, 2.05) is 0 Å². The minimum absolute atomic E-state index is 0.271. The van der Waals surface area contributed by atoms with Gasteiger partial charge in [-0.3, -0.25) is 0 Å². The Morgan fingerprint density at radius 2 is 0.545 bits per heavy atom. The van der Waals surface area contributed by atoms with Crippen molar-refractivity contribution >= 4 is 143 Å². The summed E-state index contributed by atoms with van der Waals surface area (Å²) in [4.78, 5) is 5.41. The SMILES string of the molecule is CC(C)(C)c1cc2c3c(c1)N(c1c(-c4ccccc4)cccc1-c1ccccc1)c1ccc(-c4ccc5cccc6c7cccc8cccc(c4c56)c87)cc1B3c1cc(-c3ccc4cccc5c6cccc7cccc(c3c45)c76)ccc1N2c1c(-c2ccccc2)cccc1-c1ccccc1. The van der Waals surface area contributed by atoms with Crippen LogP contribution in [0, 0.1) is 0 Å². The molecule has 0 amide bonds. The van der Waals surface area contributed by atoms with Crippen molar-refractivity contribution in [3.8, 4) is 66.8 Å². The molecular formula is C98H65BN2. The van der Waals surface area contributed by atoms with Gasteiger partial charge in [-0.25, -0.2) is 0 Å². The van der Waals surface area contributed by atoms with Gasteiger partial charge in [0, 0.05) is 45.0 Å². The summed E-state index contributed by atoms with van der Waals surface area (Å²) >= 11 is 0. The van der Waals surface area contributed by atoms with Crippen LogP contribution in [0.4, 0.5) is 34.1 Å². The van der Waals surface area contributed by atoms with Crippen LogP contribution in [-0.2, 0) is 5.41 Å². The molecule has 2 nitrogen and oxygen atoms in total. The van der Waals surface area contributed by atoms with E-state index < -0.39 is 0 Å². The Morgan fingerprint density at radius 1 is 0.228 bits per heavy atom. The van der Waals surface area contributed by atoms with Crippen molar-refractivity contribution in [2.75, 3.05) is 9.80 Å². The first-order chi connectivity index (χ1) is 49.8. The summed E-state index contributed by atoms with van der Waals surface area (Å²) < 4.78 is 0. The lowest BCUT2D eigenvalue weighted by atomic mass is 9.33. The van der Waals surface area contributed by atoms with Gasteiger partial charge in [-0.15, -0.1) is 0 Å². The lowest BCUT2D eigenvalue weighted by Crippen LogP contribution is -2.61.